The molecule has 4 aromatic rings. The van der Waals surface area contributed by atoms with Crippen LogP contribution in [0.1, 0.15) is 35.8 Å². The van der Waals surface area contributed by atoms with E-state index in [-0.39, 0.29) is 11.9 Å². The lowest BCUT2D eigenvalue weighted by Crippen LogP contribution is -2.12. The number of aromatic nitrogens is 3. The topological polar surface area (TPSA) is 78.3 Å². The molecule has 0 saturated carbocycles. The Hall–Kier alpha value is -3.87. The summed E-state index contributed by atoms with van der Waals surface area (Å²) >= 11 is 0. The van der Waals surface area contributed by atoms with Gasteiger partial charge in [-0.3, -0.25) is 4.79 Å². The molecule has 2 aromatic carbocycles. The summed E-state index contributed by atoms with van der Waals surface area (Å²) in [5.74, 6) is 0.813. The van der Waals surface area contributed by atoms with Crippen molar-refractivity contribution in [2.24, 2.45) is 0 Å². The average Bonchev–Trinajstić information content (AvgIpc) is 3.22. The highest BCUT2D eigenvalue weighted by Gasteiger charge is 2.13. The van der Waals surface area contributed by atoms with Crippen LogP contribution in [-0.2, 0) is 6.61 Å². The predicted octanol–water partition coefficient (Wildman–Crippen LogP) is 4.85. The molecule has 1 N–H and O–H groups in total. The molecule has 0 saturated heterocycles. The standard InChI is InChI=1S/C24H24N4O3/c1-16(2)28-23-19(13-26-28)11-20(14-25-23)27-24(29)18-9-10-21(22(12-18)30-3)31-15-17-7-5-4-6-8-17/h4-14,16H,15H2,1-3H3,(H,27,29). The molecule has 0 radical (unpaired) electrons. The smallest absolute Gasteiger partial charge is 0.255 e. The number of nitrogens with zero attached hydrogens (tertiary/aromatic N) is 3. The minimum Gasteiger partial charge on any atom is -0.493 e. The number of fused-ring (bicyclic) bond motifs is 1. The normalized spacial score (nSPS) is 11.0. The molecule has 0 unspecified atom stereocenters. The highest BCUT2D eigenvalue weighted by Crippen LogP contribution is 2.29. The van der Waals surface area contributed by atoms with Crippen LogP contribution >= 0.6 is 0 Å². The number of nitrogens with one attached hydrogen (secondary N) is 1. The largest absolute Gasteiger partial charge is 0.493 e. The van der Waals surface area contributed by atoms with Crippen molar-refractivity contribution >= 4 is 22.6 Å². The van der Waals surface area contributed by atoms with Gasteiger partial charge in [-0.25, -0.2) is 9.67 Å². The molecule has 0 atom stereocenters. The Bertz CT molecular complexity index is 1200. The number of rotatable bonds is 7. The number of amides is 1. The van der Waals surface area contributed by atoms with Crippen LogP contribution in [0.4, 0.5) is 5.69 Å². The third-order valence-electron chi connectivity index (χ3n) is 4.84. The van der Waals surface area contributed by atoms with Crippen molar-refractivity contribution in [1.82, 2.24) is 14.8 Å². The molecule has 7 heteroatoms. The van der Waals surface area contributed by atoms with E-state index < -0.39 is 0 Å². The fourth-order valence-corrected chi connectivity index (χ4v) is 3.25. The van der Waals surface area contributed by atoms with Gasteiger partial charge in [0.2, 0.25) is 0 Å². The molecule has 0 aliphatic carbocycles. The summed E-state index contributed by atoms with van der Waals surface area (Å²) in [6, 6.07) is 17.0. The molecule has 0 spiro atoms. The van der Waals surface area contributed by atoms with Crippen LogP contribution in [0.2, 0.25) is 0 Å². The Labute approximate surface area is 180 Å². The van der Waals surface area contributed by atoms with Crippen molar-refractivity contribution in [2.45, 2.75) is 26.5 Å². The number of carbonyl (C=O) groups excluding carboxylic acids is 1. The Morgan fingerprint density at radius 3 is 2.61 bits per heavy atom. The second-order valence-corrected chi connectivity index (χ2v) is 7.41. The van der Waals surface area contributed by atoms with E-state index in [0.717, 1.165) is 16.6 Å². The fourth-order valence-electron chi connectivity index (χ4n) is 3.25. The molecule has 0 fully saturated rings. The summed E-state index contributed by atoms with van der Waals surface area (Å²) in [6.07, 6.45) is 3.38. The van der Waals surface area contributed by atoms with Crippen molar-refractivity contribution in [3.05, 3.63) is 78.1 Å². The van der Waals surface area contributed by atoms with Gasteiger partial charge in [-0.1, -0.05) is 30.3 Å². The molecule has 2 heterocycles. The lowest BCUT2D eigenvalue weighted by molar-refractivity contribution is 0.102. The van der Waals surface area contributed by atoms with Crippen LogP contribution in [-0.4, -0.2) is 27.8 Å². The summed E-state index contributed by atoms with van der Waals surface area (Å²) in [6.45, 7) is 4.51. The van der Waals surface area contributed by atoms with Crippen molar-refractivity contribution in [3.63, 3.8) is 0 Å². The number of pyridine rings is 1. The van der Waals surface area contributed by atoms with E-state index in [1.165, 1.54) is 0 Å². The van der Waals surface area contributed by atoms with E-state index in [1.54, 1.807) is 37.7 Å². The van der Waals surface area contributed by atoms with E-state index in [9.17, 15) is 4.79 Å². The SMILES string of the molecule is COc1cc(C(=O)Nc2cnc3c(cnn3C(C)C)c2)ccc1OCc1ccccc1. The maximum atomic E-state index is 12.8. The van der Waals surface area contributed by atoms with E-state index in [0.29, 0.717) is 29.4 Å². The highest BCUT2D eigenvalue weighted by molar-refractivity contribution is 6.05. The lowest BCUT2D eigenvalue weighted by Gasteiger charge is -2.12. The number of hydrogen-bond donors (Lipinski definition) is 1. The first kappa shape index (κ1) is 20.4. The van der Waals surface area contributed by atoms with E-state index in [4.69, 9.17) is 9.47 Å². The lowest BCUT2D eigenvalue weighted by atomic mass is 10.1. The van der Waals surface area contributed by atoms with Gasteiger partial charge < -0.3 is 14.8 Å². The minimum atomic E-state index is -0.259. The van der Waals surface area contributed by atoms with Gasteiger partial charge in [-0.2, -0.15) is 5.10 Å². The number of hydrogen-bond acceptors (Lipinski definition) is 5. The molecule has 158 valence electrons. The molecule has 4 rings (SSSR count). The first-order chi connectivity index (χ1) is 15.0. The zero-order valence-electron chi connectivity index (χ0n) is 17.7. The van der Waals surface area contributed by atoms with E-state index in [2.05, 4.69) is 15.4 Å². The average molecular weight is 416 g/mol. The van der Waals surface area contributed by atoms with E-state index >= 15 is 0 Å². The van der Waals surface area contributed by atoms with Gasteiger partial charge >= 0.3 is 0 Å². The number of benzene rings is 2. The van der Waals surface area contributed by atoms with Gasteiger partial charge in [0, 0.05) is 17.0 Å². The summed E-state index contributed by atoms with van der Waals surface area (Å²) < 4.78 is 13.1. The third kappa shape index (κ3) is 4.50. The zero-order chi connectivity index (χ0) is 21.8. The van der Waals surface area contributed by atoms with Gasteiger partial charge in [0.1, 0.15) is 6.61 Å². The van der Waals surface area contributed by atoms with Crippen LogP contribution in [0.5, 0.6) is 11.5 Å². The summed E-state index contributed by atoms with van der Waals surface area (Å²) in [4.78, 5) is 17.2. The van der Waals surface area contributed by atoms with Gasteiger partial charge in [0.15, 0.2) is 17.1 Å². The molecule has 0 aliphatic heterocycles. The second-order valence-electron chi connectivity index (χ2n) is 7.41. The monoisotopic (exact) mass is 416 g/mol. The molecular formula is C24H24N4O3. The van der Waals surface area contributed by atoms with Crippen molar-refractivity contribution in [3.8, 4) is 11.5 Å². The third-order valence-corrected chi connectivity index (χ3v) is 4.84. The predicted molar refractivity (Wildman–Crippen MR) is 120 cm³/mol. The summed E-state index contributed by atoms with van der Waals surface area (Å²) in [7, 11) is 1.55. The van der Waals surface area contributed by atoms with Crippen molar-refractivity contribution < 1.29 is 14.3 Å². The summed E-state index contributed by atoms with van der Waals surface area (Å²) in [5.41, 5.74) is 2.90. The second kappa shape index (κ2) is 8.87. The quantitative estimate of drug-likeness (QED) is 0.466. The van der Waals surface area contributed by atoms with Crippen LogP contribution in [0, 0.1) is 0 Å². The fraction of sp³-hybridized carbons (Fsp3) is 0.208. The Balaban J connectivity index is 1.48. The number of carbonyl (C=O) groups is 1. The molecule has 7 nitrogen and oxygen atoms in total. The van der Waals surface area contributed by atoms with Gasteiger partial charge in [0.05, 0.1) is 25.2 Å². The first-order valence-electron chi connectivity index (χ1n) is 10.0. The molecular weight excluding hydrogens is 392 g/mol. The van der Waals surface area contributed by atoms with Crippen LogP contribution in [0.3, 0.4) is 0 Å². The van der Waals surface area contributed by atoms with Crippen LogP contribution in [0.15, 0.2) is 67.0 Å². The maximum Gasteiger partial charge on any atom is 0.255 e. The maximum absolute atomic E-state index is 12.8. The van der Waals surface area contributed by atoms with Crippen molar-refractivity contribution in [1.29, 1.82) is 0 Å². The van der Waals surface area contributed by atoms with Crippen LogP contribution in [0.25, 0.3) is 11.0 Å². The zero-order valence-corrected chi connectivity index (χ0v) is 17.7. The molecule has 31 heavy (non-hydrogen) atoms. The van der Waals surface area contributed by atoms with Crippen LogP contribution < -0.4 is 14.8 Å². The molecule has 0 bridgehead atoms. The number of anilines is 1. The Kier molecular flexibility index (Phi) is 5.84. The molecule has 2 aromatic heterocycles. The van der Waals surface area contributed by atoms with Gasteiger partial charge in [-0.15, -0.1) is 0 Å². The molecule has 0 aliphatic rings. The number of methoxy groups -OCH3 is 1. The van der Waals surface area contributed by atoms with Gasteiger partial charge in [0.25, 0.3) is 5.91 Å². The minimum absolute atomic E-state index is 0.209. The summed E-state index contributed by atoms with van der Waals surface area (Å²) in [5, 5.41) is 8.11. The molecule has 1 amide bonds. The van der Waals surface area contributed by atoms with E-state index in [1.807, 2.05) is 54.9 Å². The number of ether oxygens (including phenoxy) is 2. The van der Waals surface area contributed by atoms with Crippen molar-refractivity contribution in [2.75, 3.05) is 12.4 Å². The highest BCUT2D eigenvalue weighted by atomic mass is 16.5. The Morgan fingerprint density at radius 1 is 1.06 bits per heavy atom. The van der Waals surface area contributed by atoms with Gasteiger partial charge in [-0.05, 0) is 43.7 Å². The first-order valence-corrected chi connectivity index (χ1v) is 10.0. The Morgan fingerprint density at radius 2 is 1.87 bits per heavy atom.